The topological polar surface area (TPSA) is 29.1 Å². The van der Waals surface area contributed by atoms with Crippen molar-refractivity contribution in [3.05, 3.63) is 46.7 Å². The van der Waals surface area contributed by atoms with E-state index < -0.39 is 0 Å². The molecule has 2 rings (SSSR count). The van der Waals surface area contributed by atoms with Crippen molar-refractivity contribution in [2.75, 3.05) is 11.6 Å². The fourth-order valence-corrected chi connectivity index (χ4v) is 2.91. The summed E-state index contributed by atoms with van der Waals surface area (Å²) in [5.74, 6) is 0.0719. The summed E-state index contributed by atoms with van der Waals surface area (Å²) in [5, 5.41) is 7.09. The maximum absolute atomic E-state index is 11.9. The molecule has 94 valence electrons. The Labute approximate surface area is 115 Å². The molecule has 2 aromatic rings. The third-order valence-corrected chi connectivity index (χ3v) is 4.13. The van der Waals surface area contributed by atoms with Gasteiger partial charge in [0.15, 0.2) is 0 Å². The van der Waals surface area contributed by atoms with Gasteiger partial charge in [0.1, 0.15) is 0 Å². The molecule has 0 saturated carbocycles. The van der Waals surface area contributed by atoms with Gasteiger partial charge in [0.2, 0.25) is 5.91 Å². The molecule has 1 heterocycles. The Hall–Kier alpha value is -1.26. The monoisotopic (exact) mass is 277 g/mol. The van der Waals surface area contributed by atoms with E-state index in [9.17, 15) is 4.79 Å². The lowest BCUT2D eigenvalue weighted by atomic mass is 10.2. The number of hydrogen-bond donors (Lipinski definition) is 1. The first kappa shape index (κ1) is 13.2. The Kier molecular flexibility index (Phi) is 4.84. The first-order valence-corrected chi connectivity index (χ1v) is 7.90. The number of carbonyl (C=O) groups excluding carboxylic acids is 1. The maximum Gasteiger partial charge on any atom is 0.224 e. The van der Waals surface area contributed by atoms with Crippen molar-refractivity contribution >= 4 is 34.7 Å². The molecule has 0 radical (unpaired) electrons. The summed E-state index contributed by atoms with van der Waals surface area (Å²) < 4.78 is 0. The van der Waals surface area contributed by atoms with Gasteiger partial charge in [0, 0.05) is 11.3 Å². The van der Waals surface area contributed by atoms with Crippen molar-refractivity contribution in [1.29, 1.82) is 0 Å². The standard InChI is InChI=1S/C14H15NOS2/c1-17-13-5-3-2-4-12(13)15-14(16)7-6-11-8-9-18-10-11/h2-5,8-10H,6-7H2,1H3,(H,15,16). The van der Waals surface area contributed by atoms with Crippen LogP contribution in [0.15, 0.2) is 46.0 Å². The predicted molar refractivity (Wildman–Crippen MR) is 79.5 cm³/mol. The zero-order valence-corrected chi connectivity index (χ0v) is 11.8. The van der Waals surface area contributed by atoms with Gasteiger partial charge >= 0.3 is 0 Å². The number of para-hydroxylation sites is 1. The number of thiophene rings is 1. The van der Waals surface area contributed by atoms with E-state index in [1.807, 2.05) is 35.9 Å². The van der Waals surface area contributed by atoms with Crippen LogP contribution in [0.4, 0.5) is 5.69 Å². The molecule has 1 amide bonds. The van der Waals surface area contributed by atoms with Crippen molar-refractivity contribution < 1.29 is 4.79 Å². The minimum Gasteiger partial charge on any atom is -0.325 e. The predicted octanol–water partition coefficient (Wildman–Crippen LogP) is 4.04. The summed E-state index contributed by atoms with van der Waals surface area (Å²) >= 11 is 3.31. The third kappa shape index (κ3) is 3.62. The molecule has 0 saturated heterocycles. The maximum atomic E-state index is 11.9. The zero-order valence-electron chi connectivity index (χ0n) is 10.2. The second kappa shape index (κ2) is 6.61. The van der Waals surface area contributed by atoms with Gasteiger partial charge < -0.3 is 5.32 Å². The summed E-state index contributed by atoms with van der Waals surface area (Å²) in [6, 6.07) is 9.93. The van der Waals surface area contributed by atoms with Gasteiger partial charge in [-0.2, -0.15) is 11.3 Å². The fraction of sp³-hybridized carbons (Fsp3) is 0.214. The fourth-order valence-electron chi connectivity index (χ4n) is 1.65. The molecule has 0 spiro atoms. The van der Waals surface area contributed by atoms with E-state index >= 15 is 0 Å². The van der Waals surface area contributed by atoms with Crippen molar-refractivity contribution in [3.8, 4) is 0 Å². The summed E-state index contributed by atoms with van der Waals surface area (Å²) in [7, 11) is 0. The van der Waals surface area contributed by atoms with Crippen LogP contribution in [0.2, 0.25) is 0 Å². The number of carbonyl (C=O) groups is 1. The van der Waals surface area contributed by atoms with Crippen molar-refractivity contribution in [3.63, 3.8) is 0 Å². The molecule has 0 bridgehead atoms. The molecule has 18 heavy (non-hydrogen) atoms. The highest BCUT2D eigenvalue weighted by Crippen LogP contribution is 2.24. The Morgan fingerprint density at radius 1 is 1.33 bits per heavy atom. The molecule has 2 nitrogen and oxygen atoms in total. The van der Waals surface area contributed by atoms with E-state index in [1.54, 1.807) is 23.1 Å². The Morgan fingerprint density at radius 2 is 2.17 bits per heavy atom. The van der Waals surface area contributed by atoms with Gasteiger partial charge in [-0.15, -0.1) is 11.8 Å². The Balaban J connectivity index is 1.90. The lowest BCUT2D eigenvalue weighted by Crippen LogP contribution is -2.12. The average Bonchev–Trinajstić information content (AvgIpc) is 2.90. The van der Waals surface area contributed by atoms with E-state index in [2.05, 4.69) is 16.8 Å². The lowest BCUT2D eigenvalue weighted by Gasteiger charge is -2.08. The number of aryl methyl sites for hydroxylation is 1. The van der Waals surface area contributed by atoms with Gasteiger partial charge in [-0.05, 0) is 47.2 Å². The normalized spacial score (nSPS) is 10.3. The van der Waals surface area contributed by atoms with Gasteiger partial charge in [-0.25, -0.2) is 0 Å². The first-order valence-electron chi connectivity index (χ1n) is 5.73. The van der Waals surface area contributed by atoms with E-state index in [-0.39, 0.29) is 5.91 Å². The molecular formula is C14H15NOS2. The smallest absolute Gasteiger partial charge is 0.224 e. The van der Waals surface area contributed by atoms with Gasteiger partial charge in [-0.1, -0.05) is 12.1 Å². The molecule has 0 aliphatic rings. The number of nitrogens with one attached hydrogen (secondary N) is 1. The van der Waals surface area contributed by atoms with E-state index in [4.69, 9.17) is 0 Å². The number of amides is 1. The van der Waals surface area contributed by atoms with E-state index in [0.29, 0.717) is 6.42 Å². The van der Waals surface area contributed by atoms with Crippen LogP contribution >= 0.6 is 23.1 Å². The number of rotatable bonds is 5. The van der Waals surface area contributed by atoms with Crippen molar-refractivity contribution in [2.24, 2.45) is 0 Å². The van der Waals surface area contributed by atoms with Crippen molar-refractivity contribution in [1.82, 2.24) is 0 Å². The van der Waals surface area contributed by atoms with Gasteiger partial charge in [-0.3, -0.25) is 4.79 Å². The number of benzene rings is 1. The molecule has 1 aromatic carbocycles. The van der Waals surface area contributed by atoms with Crippen LogP contribution in [0.25, 0.3) is 0 Å². The van der Waals surface area contributed by atoms with Crippen LogP contribution in [-0.4, -0.2) is 12.2 Å². The lowest BCUT2D eigenvalue weighted by molar-refractivity contribution is -0.116. The highest BCUT2D eigenvalue weighted by Gasteiger charge is 2.06. The minimum absolute atomic E-state index is 0.0719. The molecule has 0 unspecified atom stereocenters. The summed E-state index contributed by atoms with van der Waals surface area (Å²) in [5.41, 5.74) is 2.13. The number of anilines is 1. The van der Waals surface area contributed by atoms with Crippen LogP contribution in [0.5, 0.6) is 0 Å². The highest BCUT2D eigenvalue weighted by molar-refractivity contribution is 7.98. The molecule has 0 atom stereocenters. The summed E-state index contributed by atoms with van der Waals surface area (Å²) in [6.07, 6.45) is 3.34. The third-order valence-electron chi connectivity index (χ3n) is 2.60. The summed E-state index contributed by atoms with van der Waals surface area (Å²) in [4.78, 5) is 13.0. The molecule has 4 heteroatoms. The molecule has 0 aliphatic carbocycles. The first-order chi connectivity index (χ1) is 8.79. The van der Waals surface area contributed by atoms with Crippen LogP contribution in [0.3, 0.4) is 0 Å². The quantitative estimate of drug-likeness (QED) is 0.836. The Bertz CT molecular complexity index is 508. The SMILES string of the molecule is CSc1ccccc1NC(=O)CCc1ccsc1. The molecule has 1 N–H and O–H groups in total. The van der Waals surface area contributed by atoms with Crippen LogP contribution in [0, 0.1) is 0 Å². The van der Waals surface area contributed by atoms with E-state index in [1.165, 1.54) is 5.56 Å². The van der Waals surface area contributed by atoms with Gasteiger partial charge in [0.05, 0.1) is 5.69 Å². The van der Waals surface area contributed by atoms with Crippen LogP contribution < -0.4 is 5.32 Å². The molecule has 0 aliphatic heterocycles. The van der Waals surface area contributed by atoms with E-state index in [0.717, 1.165) is 17.0 Å². The van der Waals surface area contributed by atoms with Gasteiger partial charge in [0.25, 0.3) is 0 Å². The Morgan fingerprint density at radius 3 is 2.89 bits per heavy atom. The highest BCUT2D eigenvalue weighted by atomic mass is 32.2. The second-order valence-corrected chi connectivity index (χ2v) is 5.51. The molecule has 0 fully saturated rings. The number of thioether (sulfide) groups is 1. The average molecular weight is 277 g/mol. The largest absolute Gasteiger partial charge is 0.325 e. The number of hydrogen-bond acceptors (Lipinski definition) is 3. The van der Waals surface area contributed by atoms with Crippen LogP contribution in [-0.2, 0) is 11.2 Å². The van der Waals surface area contributed by atoms with Crippen LogP contribution in [0.1, 0.15) is 12.0 Å². The summed E-state index contributed by atoms with van der Waals surface area (Å²) in [6.45, 7) is 0. The van der Waals surface area contributed by atoms with Crippen molar-refractivity contribution in [2.45, 2.75) is 17.7 Å². The minimum atomic E-state index is 0.0719. The molecule has 1 aromatic heterocycles. The zero-order chi connectivity index (χ0) is 12.8. The second-order valence-electron chi connectivity index (χ2n) is 3.88. The molecular weight excluding hydrogens is 262 g/mol.